The lowest BCUT2D eigenvalue weighted by Gasteiger charge is -2.13. The molecule has 1 aliphatic heterocycles. The van der Waals surface area contributed by atoms with Crippen LogP contribution in [0.3, 0.4) is 0 Å². The second kappa shape index (κ2) is 2.38. The molecule has 2 rings (SSSR count). The van der Waals surface area contributed by atoms with Gasteiger partial charge in [-0.3, -0.25) is 0 Å². The minimum Gasteiger partial charge on any atom is -0.367 e. The zero-order valence-corrected chi connectivity index (χ0v) is 5.92. The van der Waals surface area contributed by atoms with E-state index in [-0.39, 0.29) is 0 Å². The van der Waals surface area contributed by atoms with Gasteiger partial charge in [0.15, 0.2) is 0 Å². The summed E-state index contributed by atoms with van der Waals surface area (Å²) in [6, 6.07) is 0. The molecule has 0 saturated carbocycles. The number of dihydropyridines is 1. The van der Waals surface area contributed by atoms with Crippen LogP contribution in [0.5, 0.6) is 0 Å². The number of allylic oxidation sites excluding steroid dienone is 6. The topological polar surface area (TPSA) is 12.0 Å². The number of hydrogen-bond donors (Lipinski definition) is 1. The van der Waals surface area contributed by atoms with Crippen molar-refractivity contribution >= 4 is 0 Å². The van der Waals surface area contributed by atoms with Gasteiger partial charge in [-0.1, -0.05) is 6.08 Å². The molecule has 0 amide bonds. The first-order chi connectivity index (χ1) is 5.36. The van der Waals surface area contributed by atoms with Crippen LogP contribution in [0.2, 0.25) is 0 Å². The van der Waals surface area contributed by atoms with Gasteiger partial charge in [-0.2, -0.15) is 0 Å². The molecule has 1 heterocycles. The molecule has 11 heavy (non-hydrogen) atoms. The molecule has 0 spiro atoms. The summed E-state index contributed by atoms with van der Waals surface area (Å²) < 4.78 is 12.7. The third kappa shape index (κ3) is 1.11. The Bertz CT molecular complexity index is 284. The van der Waals surface area contributed by atoms with Crippen LogP contribution in [-0.4, -0.2) is 6.17 Å². The Morgan fingerprint density at radius 2 is 2.18 bits per heavy atom. The Morgan fingerprint density at radius 3 is 3.09 bits per heavy atom. The second-order valence-electron chi connectivity index (χ2n) is 2.53. The summed E-state index contributed by atoms with van der Waals surface area (Å²) in [5, 5.41) is 2.94. The van der Waals surface area contributed by atoms with Gasteiger partial charge in [-0.15, -0.1) is 0 Å². The van der Waals surface area contributed by atoms with Crippen molar-refractivity contribution in [3.63, 3.8) is 0 Å². The molecule has 2 aliphatic rings. The second-order valence-corrected chi connectivity index (χ2v) is 2.53. The first-order valence-corrected chi connectivity index (χ1v) is 3.53. The van der Waals surface area contributed by atoms with Crippen LogP contribution in [0.15, 0.2) is 47.9 Å². The highest BCUT2D eigenvalue weighted by Gasteiger charge is 2.10. The lowest BCUT2D eigenvalue weighted by molar-refractivity contribution is 0.466. The minimum absolute atomic E-state index is 0.926. The summed E-state index contributed by atoms with van der Waals surface area (Å²) in [5.41, 5.74) is 2.00. The van der Waals surface area contributed by atoms with E-state index in [1.807, 2.05) is 12.3 Å². The summed E-state index contributed by atoms with van der Waals surface area (Å²) in [6.45, 7) is 0. The van der Waals surface area contributed by atoms with E-state index in [4.69, 9.17) is 0 Å². The van der Waals surface area contributed by atoms with E-state index in [1.165, 1.54) is 6.08 Å². The Kier molecular flexibility index (Phi) is 1.39. The molecule has 0 radical (unpaired) electrons. The summed E-state index contributed by atoms with van der Waals surface area (Å²) in [5.74, 6) is 0. The predicted octanol–water partition coefficient (Wildman–Crippen LogP) is 1.82. The Morgan fingerprint density at radius 1 is 1.27 bits per heavy atom. The number of fused-ring (bicyclic) bond motifs is 1. The van der Waals surface area contributed by atoms with E-state index in [9.17, 15) is 4.39 Å². The standard InChI is InChI=1S/C9H8FN/c10-9-2-1-8-6-11-4-3-7(8)5-9/h1-6,9,11H. The van der Waals surface area contributed by atoms with Crippen molar-refractivity contribution in [2.24, 2.45) is 0 Å². The summed E-state index contributed by atoms with van der Waals surface area (Å²) in [4.78, 5) is 0. The normalized spacial score (nSPS) is 26.8. The van der Waals surface area contributed by atoms with Crippen LogP contribution in [0.4, 0.5) is 4.39 Å². The van der Waals surface area contributed by atoms with Gasteiger partial charge in [0.2, 0.25) is 0 Å². The van der Waals surface area contributed by atoms with Crippen LogP contribution in [0.1, 0.15) is 0 Å². The molecular weight excluding hydrogens is 141 g/mol. The van der Waals surface area contributed by atoms with E-state index >= 15 is 0 Å². The van der Waals surface area contributed by atoms with E-state index in [1.54, 1.807) is 18.4 Å². The van der Waals surface area contributed by atoms with Crippen LogP contribution in [0.25, 0.3) is 0 Å². The molecule has 2 heteroatoms. The highest BCUT2D eigenvalue weighted by Crippen LogP contribution is 2.21. The molecule has 0 aromatic carbocycles. The van der Waals surface area contributed by atoms with E-state index in [0.29, 0.717) is 0 Å². The first kappa shape index (κ1) is 6.40. The van der Waals surface area contributed by atoms with E-state index in [2.05, 4.69) is 5.32 Å². The van der Waals surface area contributed by atoms with E-state index < -0.39 is 6.17 Å². The first-order valence-electron chi connectivity index (χ1n) is 3.53. The zero-order chi connectivity index (χ0) is 7.68. The largest absolute Gasteiger partial charge is 0.367 e. The molecular formula is C9H8FN. The lowest BCUT2D eigenvalue weighted by Crippen LogP contribution is -2.07. The van der Waals surface area contributed by atoms with Gasteiger partial charge in [0.25, 0.3) is 0 Å². The average molecular weight is 149 g/mol. The quantitative estimate of drug-likeness (QED) is 0.554. The smallest absolute Gasteiger partial charge is 0.138 e. The third-order valence-electron chi connectivity index (χ3n) is 1.73. The molecule has 56 valence electrons. The number of nitrogens with one attached hydrogen (secondary N) is 1. The monoisotopic (exact) mass is 149 g/mol. The van der Waals surface area contributed by atoms with Crippen molar-refractivity contribution in [2.75, 3.05) is 0 Å². The number of hydrogen-bond acceptors (Lipinski definition) is 1. The van der Waals surface area contributed by atoms with Crippen LogP contribution in [-0.2, 0) is 0 Å². The van der Waals surface area contributed by atoms with Crippen molar-refractivity contribution in [2.45, 2.75) is 6.17 Å². The SMILES string of the molecule is FC1C=CC2=CNC=CC2=C1. The fourth-order valence-electron chi connectivity index (χ4n) is 1.17. The van der Waals surface area contributed by atoms with Gasteiger partial charge in [0, 0.05) is 12.4 Å². The number of rotatable bonds is 0. The van der Waals surface area contributed by atoms with Crippen molar-refractivity contribution in [1.82, 2.24) is 5.32 Å². The molecule has 0 bridgehead atoms. The summed E-state index contributed by atoms with van der Waals surface area (Å²) in [7, 11) is 0. The maximum absolute atomic E-state index is 12.7. The molecule has 1 unspecified atom stereocenters. The summed E-state index contributed by atoms with van der Waals surface area (Å²) >= 11 is 0. The maximum Gasteiger partial charge on any atom is 0.138 e. The number of alkyl halides is 1. The fourth-order valence-corrected chi connectivity index (χ4v) is 1.17. The zero-order valence-electron chi connectivity index (χ0n) is 5.92. The van der Waals surface area contributed by atoms with Crippen LogP contribution >= 0.6 is 0 Å². The molecule has 1 N–H and O–H groups in total. The van der Waals surface area contributed by atoms with Gasteiger partial charge in [-0.05, 0) is 29.4 Å². The molecule has 1 aliphatic carbocycles. The third-order valence-corrected chi connectivity index (χ3v) is 1.73. The summed E-state index contributed by atoms with van der Waals surface area (Å²) in [6.07, 6.45) is 9.52. The van der Waals surface area contributed by atoms with Gasteiger partial charge >= 0.3 is 0 Å². The van der Waals surface area contributed by atoms with Crippen molar-refractivity contribution in [1.29, 1.82) is 0 Å². The van der Waals surface area contributed by atoms with Gasteiger partial charge in [0.1, 0.15) is 6.17 Å². The number of halogens is 1. The highest BCUT2D eigenvalue weighted by molar-refractivity contribution is 5.52. The lowest BCUT2D eigenvalue weighted by atomic mass is 9.98. The van der Waals surface area contributed by atoms with Crippen LogP contribution in [0, 0.1) is 0 Å². The molecule has 0 aromatic rings. The molecule has 0 aromatic heterocycles. The maximum atomic E-state index is 12.7. The Balaban J connectivity index is 2.36. The predicted molar refractivity (Wildman–Crippen MR) is 42.5 cm³/mol. The molecule has 1 nitrogen and oxygen atoms in total. The molecule has 0 fully saturated rings. The van der Waals surface area contributed by atoms with Gasteiger partial charge < -0.3 is 5.32 Å². The fraction of sp³-hybridized carbons (Fsp3) is 0.111. The Hall–Kier alpha value is -1.31. The molecule has 0 saturated heterocycles. The van der Waals surface area contributed by atoms with Gasteiger partial charge in [0.05, 0.1) is 0 Å². The van der Waals surface area contributed by atoms with E-state index in [0.717, 1.165) is 11.1 Å². The average Bonchev–Trinajstić information content (AvgIpc) is 2.04. The minimum atomic E-state index is -0.926. The van der Waals surface area contributed by atoms with Crippen molar-refractivity contribution in [3.8, 4) is 0 Å². The highest BCUT2D eigenvalue weighted by atomic mass is 19.1. The molecule has 1 atom stereocenters. The van der Waals surface area contributed by atoms with Gasteiger partial charge in [-0.25, -0.2) is 4.39 Å². The Labute approximate surface area is 64.6 Å². The van der Waals surface area contributed by atoms with Crippen molar-refractivity contribution in [3.05, 3.63) is 47.9 Å². The van der Waals surface area contributed by atoms with Crippen molar-refractivity contribution < 1.29 is 4.39 Å². The van der Waals surface area contributed by atoms with Crippen LogP contribution < -0.4 is 5.32 Å².